The number of hydrogen-bond acceptors (Lipinski definition) is 3. The quantitative estimate of drug-likeness (QED) is 0.804. The Morgan fingerprint density at radius 3 is 2.57 bits per heavy atom. The first-order chi connectivity index (χ1) is 6.77. The molecule has 0 radical (unpaired) electrons. The molecule has 1 aliphatic heterocycles. The second-order valence-corrected chi connectivity index (χ2v) is 4.82. The molecule has 0 aliphatic carbocycles. The normalized spacial score (nSPS) is 20.8. The van der Waals surface area contributed by atoms with Crippen molar-refractivity contribution in [1.82, 2.24) is 5.43 Å². The van der Waals surface area contributed by atoms with Crippen LogP contribution in [-0.2, 0) is 0 Å². The highest BCUT2D eigenvalue weighted by molar-refractivity contribution is 8.15. The van der Waals surface area contributed by atoms with Crippen molar-refractivity contribution in [3.05, 3.63) is 35.9 Å². The smallest absolute Gasteiger partial charge is 0.125 e. The van der Waals surface area contributed by atoms with Gasteiger partial charge in [-0.1, -0.05) is 55.9 Å². The van der Waals surface area contributed by atoms with Crippen LogP contribution in [0.25, 0.3) is 0 Å². The van der Waals surface area contributed by atoms with Crippen LogP contribution < -0.4 is 5.43 Å². The lowest BCUT2D eigenvalue weighted by molar-refractivity contribution is 0.538. The maximum atomic E-state index is 4.34. The molecule has 0 bridgehead atoms. The summed E-state index contributed by atoms with van der Waals surface area (Å²) in [7, 11) is 0. The van der Waals surface area contributed by atoms with E-state index in [1.807, 2.05) is 30.0 Å². The van der Waals surface area contributed by atoms with E-state index in [0.29, 0.717) is 11.3 Å². The molecule has 0 unspecified atom stereocenters. The van der Waals surface area contributed by atoms with Gasteiger partial charge in [0.25, 0.3) is 0 Å². The molecule has 3 heteroatoms. The predicted octanol–water partition coefficient (Wildman–Crippen LogP) is 2.67. The molecule has 1 atom stereocenters. The summed E-state index contributed by atoms with van der Waals surface area (Å²) >= 11 is 1.81. The van der Waals surface area contributed by atoms with E-state index in [2.05, 4.69) is 36.5 Å². The molecule has 1 aromatic rings. The van der Waals surface area contributed by atoms with E-state index in [4.69, 9.17) is 0 Å². The Kier molecular flexibility index (Phi) is 2.77. The van der Waals surface area contributed by atoms with Crippen molar-refractivity contribution in [2.24, 2.45) is 11.0 Å². The molecule has 1 heterocycles. The second kappa shape index (κ2) is 4.05. The topological polar surface area (TPSA) is 24.4 Å². The maximum absolute atomic E-state index is 4.34. The summed E-state index contributed by atoms with van der Waals surface area (Å²) < 4.78 is 0. The Hall–Kier alpha value is -0.960. The van der Waals surface area contributed by atoms with Gasteiger partial charge >= 0.3 is 0 Å². The van der Waals surface area contributed by atoms with Gasteiger partial charge in [-0.25, -0.2) is 0 Å². The molecule has 1 aromatic carbocycles. The molecule has 0 saturated carbocycles. The van der Waals surface area contributed by atoms with Gasteiger partial charge in [-0.3, -0.25) is 5.43 Å². The second-order valence-electron chi connectivity index (χ2n) is 3.69. The van der Waals surface area contributed by atoms with Gasteiger partial charge in [0, 0.05) is 5.56 Å². The number of thioether (sulfide) groups is 1. The van der Waals surface area contributed by atoms with Crippen LogP contribution in [0.3, 0.4) is 0 Å². The van der Waals surface area contributed by atoms with Crippen molar-refractivity contribution in [2.45, 2.75) is 19.2 Å². The Balaban J connectivity index is 2.09. The van der Waals surface area contributed by atoms with Crippen molar-refractivity contribution in [2.75, 3.05) is 0 Å². The molecule has 1 aliphatic rings. The molecule has 2 rings (SSSR count). The minimum atomic E-state index is 0.421. The van der Waals surface area contributed by atoms with Gasteiger partial charge in [0.15, 0.2) is 0 Å². The predicted molar refractivity (Wildman–Crippen MR) is 62.3 cm³/mol. The monoisotopic (exact) mass is 206 g/mol. The van der Waals surface area contributed by atoms with Crippen LogP contribution >= 0.6 is 11.8 Å². The molecular weight excluding hydrogens is 192 g/mol. The van der Waals surface area contributed by atoms with Crippen molar-refractivity contribution in [3.8, 4) is 0 Å². The third-order valence-electron chi connectivity index (χ3n) is 2.16. The van der Waals surface area contributed by atoms with Gasteiger partial charge in [0.1, 0.15) is 5.04 Å². The molecule has 0 spiro atoms. The van der Waals surface area contributed by atoms with Crippen LogP contribution in [0.4, 0.5) is 0 Å². The maximum Gasteiger partial charge on any atom is 0.125 e. The third-order valence-corrected chi connectivity index (χ3v) is 3.61. The van der Waals surface area contributed by atoms with Crippen LogP contribution in [0.1, 0.15) is 19.4 Å². The third kappa shape index (κ3) is 1.93. The first-order valence-corrected chi connectivity index (χ1v) is 5.70. The highest BCUT2D eigenvalue weighted by atomic mass is 32.2. The van der Waals surface area contributed by atoms with E-state index in [1.165, 1.54) is 5.56 Å². The molecule has 74 valence electrons. The van der Waals surface area contributed by atoms with Gasteiger partial charge in [-0.05, 0) is 5.92 Å². The lowest BCUT2D eigenvalue weighted by Crippen LogP contribution is -2.21. The number of nitrogens with zero attached hydrogens (tertiary/aromatic N) is 1. The zero-order valence-electron chi connectivity index (χ0n) is 8.40. The lowest BCUT2D eigenvalue weighted by atomic mass is 10.2. The highest BCUT2D eigenvalue weighted by Gasteiger charge is 2.22. The fourth-order valence-electron chi connectivity index (χ4n) is 1.29. The van der Waals surface area contributed by atoms with Crippen molar-refractivity contribution in [3.63, 3.8) is 0 Å². The summed E-state index contributed by atoms with van der Waals surface area (Å²) in [6.45, 7) is 4.40. The standard InChI is InChI=1S/C11H14N2S/c1-8(2)10-12-13-11(14-10)9-6-4-3-5-7-9/h3-8,10,12H,1-2H3/t10-/m1/s1. The van der Waals surface area contributed by atoms with Crippen molar-refractivity contribution < 1.29 is 0 Å². The van der Waals surface area contributed by atoms with Crippen molar-refractivity contribution in [1.29, 1.82) is 0 Å². The number of rotatable bonds is 2. The molecule has 0 fully saturated rings. The first-order valence-electron chi connectivity index (χ1n) is 4.82. The minimum absolute atomic E-state index is 0.421. The van der Waals surface area contributed by atoms with Crippen LogP contribution in [0.2, 0.25) is 0 Å². The molecule has 0 amide bonds. The molecule has 2 nitrogen and oxygen atoms in total. The molecule has 1 N–H and O–H groups in total. The van der Waals surface area contributed by atoms with Gasteiger partial charge in [0.05, 0.1) is 5.37 Å². The SMILES string of the molecule is CC(C)[C@@H]1NN=C(c2ccccc2)S1. The van der Waals surface area contributed by atoms with Crippen molar-refractivity contribution >= 4 is 16.8 Å². The summed E-state index contributed by atoms with van der Waals surface area (Å²) in [6, 6.07) is 10.3. The zero-order valence-corrected chi connectivity index (χ0v) is 9.21. The van der Waals surface area contributed by atoms with Crippen LogP contribution in [-0.4, -0.2) is 10.4 Å². The van der Waals surface area contributed by atoms with E-state index in [1.54, 1.807) is 0 Å². The molecule has 0 saturated heterocycles. The zero-order chi connectivity index (χ0) is 9.97. The van der Waals surface area contributed by atoms with Crippen LogP contribution in [0.15, 0.2) is 35.4 Å². The van der Waals surface area contributed by atoms with E-state index >= 15 is 0 Å². The van der Waals surface area contributed by atoms with Crippen LogP contribution in [0.5, 0.6) is 0 Å². The molecule has 14 heavy (non-hydrogen) atoms. The molecular formula is C11H14N2S. The van der Waals surface area contributed by atoms with Gasteiger partial charge in [-0.2, -0.15) is 5.10 Å². The summed E-state index contributed by atoms with van der Waals surface area (Å²) in [5.74, 6) is 0.602. The fourth-order valence-corrected chi connectivity index (χ4v) is 2.29. The largest absolute Gasteiger partial charge is 0.295 e. The van der Waals surface area contributed by atoms with E-state index in [9.17, 15) is 0 Å². The average Bonchev–Trinajstić information content (AvgIpc) is 2.68. The summed E-state index contributed by atoms with van der Waals surface area (Å²) in [5.41, 5.74) is 4.36. The Labute approximate surface area is 88.8 Å². The summed E-state index contributed by atoms with van der Waals surface area (Å²) in [5, 5.41) is 5.86. The minimum Gasteiger partial charge on any atom is -0.295 e. The van der Waals surface area contributed by atoms with Gasteiger partial charge in [0.2, 0.25) is 0 Å². The Morgan fingerprint density at radius 1 is 1.29 bits per heavy atom. The number of benzene rings is 1. The van der Waals surface area contributed by atoms with Crippen LogP contribution in [0, 0.1) is 5.92 Å². The molecule has 0 aromatic heterocycles. The van der Waals surface area contributed by atoms with E-state index in [-0.39, 0.29) is 0 Å². The first kappa shape index (κ1) is 9.59. The number of nitrogens with one attached hydrogen (secondary N) is 1. The van der Waals surface area contributed by atoms with E-state index < -0.39 is 0 Å². The highest BCUT2D eigenvalue weighted by Crippen LogP contribution is 2.26. The van der Waals surface area contributed by atoms with Gasteiger partial charge in [-0.15, -0.1) is 0 Å². The summed E-state index contributed by atoms with van der Waals surface area (Å²) in [4.78, 5) is 0. The average molecular weight is 206 g/mol. The fraction of sp³-hybridized carbons (Fsp3) is 0.364. The van der Waals surface area contributed by atoms with Gasteiger partial charge < -0.3 is 0 Å². The number of hydrazone groups is 1. The number of hydrogen-bond donors (Lipinski definition) is 1. The Morgan fingerprint density at radius 2 is 2.00 bits per heavy atom. The Bertz CT molecular complexity index is 332. The summed E-state index contributed by atoms with van der Waals surface area (Å²) in [6.07, 6.45) is 0. The van der Waals surface area contributed by atoms with E-state index in [0.717, 1.165) is 5.04 Å². The lowest BCUT2D eigenvalue weighted by Gasteiger charge is -2.12.